The highest BCUT2D eigenvalue weighted by Crippen LogP contribution is 2.44. The first-order valence-corrected chi connectivity index (χ1v) is 10.2. The molecule has 1 unspecified atom stereocenters. The number of fused-ring (bicyclic) bond motifs is 1. The first-order valence-electron chi connectivity index (χ1n) is 9.81. The van der Waals surface area contributed by atoms with Crippen LogP contribution in [0.25, 0.3) is 0 Å². The second-order valence-electron chi connectivity index (χ2n) is 7.68. The van der Waals surface area contributed by atoms with Gasteiger partial charge in [0.15, 0.2) is 17.2 Å². The first kappa shape index (κ1) is 23.3. The molecule has 0 radical (unpaired) electrons. The van der Waals surface area contributed by atoms with Crippen molar-refractivity contribution >= 4 is 29.2 Å². The molecular formula is C23H24ClNO7. The normalized spacial score (nSPS) is 18.4. The molecule has 2 aromatic rings. The highest BCUT2D eigenvalue weighted by molar-refractivity contribution is 6.30. The third-order valence-corrected chi connectivity index (χ3v) is 5.72. The fraction of sp³-hybridized carbons (Fsp3) is 0.304. The molecule has 0 spiro atoms. The molecule has 2 aromatic carbocycles. The Hall–Kier alpha value is -3.39. The molecule has 1 aliphatic heterocycles. The zero-order chi connectivity index (χ0) is 23.5. The summed E-state index contributed by atoms with van der Waals surface area (Å²) in [5.74, 6) is -1.11. The lowest BCUT2D eigenvalue weighted by Crippen LogP contribution is -2.40. The van der Waals surface area contributed by atoms with Crippen molar-refractivity contribution in [1.82, 2.24) is 0 Å². The third kappa shape index (κ3) is 4.91. The van der Waals surface area contributed by atoms with Crippen LogP contribution in [0.2, 0.25) is 5.02 Å². The molecule has 8 nitrogen and oxygen atoms in total. The molecule has 0 amide bonds. The van der Waals surface area contributed by atoms with Crippen LogP contribution in [-0.2, 0) is 16.0 Å². The number of hydroxylamine groups is 1. The van der Waals surface area contributed by atoms with Crippen LogP contribution < -0.4 is 19.4 Å². The fourth-order valence-corrected chi connectivity index (χ4v) is 3.90. The van der Waals surface area contributed by atoms with Gasteiger partial charge in [-0.2, -0.15) is 0 Å². The van der Waals surface area contributed by atoms with Gasteiger partial charge in [0.25, 0.3) is 0 Å². The van der Waals surface area contributed by atoms with Crippen molar-refractivity contribution in [3.8, 4) is 17.2 Å². The van der Waals surface area contributed by atoms with E-state index in [-0.39, 0.29) is 12.1 Å². The zero-order valence-electron chi connectivity index (χ0n) is 17.9. The Kier molecular flexibility index (Phi) is 6.84. The van der Waals surface area contributed by atoms with E-state index < -0.39 is 17.4 Å². The lowest BCUT2D eigenvalue weighted by atomic mass is 9.77. The summed E-state index contributed by atoms with van der Waals surface area (Å²) in [5.41, 5.74) is 0.277. The van der Waals surface area contributed by atoms with Gasteiger partial charge in [0.05, 0.1) is 32.0 Å². The Morgan fingerprint density at radius 1 is 1.09 bits per heavy atom. The van der Waals surface area contributed by atoms with Crippen molar-refractivity contribution < 1.29 is 34.1 Å². The number of anilines is 1. The summed E-state index contributed by atoms with van der Waals surface area (Å²) in [6.07, 6.45) is 1.60. The first-order chi connectivity index (χ1) is 15.2. The number of aliphatic carboxylic acids is 2. The number of hydrogen-bond donors (Lipinski definition) is 2. The van der Waals surface area contributed by atoms with Crippen LogP contribution in [0.5, 0.6) is 17.2 Å². The maximum Gasteiger partial charge on any atom is 0.332 e. The van der Waals surface area contributed by atoms with Crippen molar-refractivity contribution in [2.24, 2.45) is 5.41 Å². The monoisotopic (exact) mass is 461 g/mol. The Labute approximate surface area is 190 Å². The largest absolute Gasteiger partial charge is 0.493 e. The van der Waals surface area contributed by atoms with E-state index in [0.717, 1.165) is 11.6 Å². The van der Waals surface area contributed by atoms with Crippen LogP contribution >= 0.6 is 11.6 Å². The third-order valence-electron chi connectivity index (χ3n) is 5.47. The Bertz CT molecular complexity index is 1050. The van der Waals surface area contributed by atoms with E-state index in [1.807, 2.05) is 6.07 Å². The van der Waals surface area contributed by atoms with E-state index in [0.29, 0.717) is 40.8 Å². The molecule has 0 aliphatic carbocycles. The summed E-state index contributed by atoms with van der Waals surface area (Å²) in [6.45, 7) is 1.80. The molecule has 32 heavy (non-hydrogen) atoms. The molecule has 0 saturated heterocycles. The van der Waals surface area contributed by atoms with Gasteiger partial charge in [0, 0.05) is 22.6 Å². The van der Waals surface area contributed by atoms with Gasteiger partial charge < -0.3 is 24.5 Å². The lowest BCUT2D eigenvalue weighted by Gasteiger charge is -2.34. The van der Waals surface area contributed by atoms with E-state index in [2.05, 4.69) is 0 Å². The van der Waals surface area contributed by atoms with Crippen LogP contribution in [0.3, 0.4) is 0 Å². The minimum absolute atomic E-state index is 0.0868. The minimum atomic E-state index is -1.32. The molecule has 3 rings (SSSR count). The Morgan fingerprint density at radius 2 is 1.72 bits per heavy atom. The van der Waals surface area contributed by atoms with Crippen LogP contribution in [0.15, 0.2) is 48.0 Å². The summed E-state index contributed by atoms with van der Waals surface area (Å²) in [7, 11) is 3.05. The van der Waals surface area contributed by atoms with Gasteiger partial charge in [-0.05, 0) is 48.7 Å². The van der Waals surface area contributed by atoms with Crippen molar-refractivity contribution in [3.05, 3.63) is 58.6 Å². The van der Waals surface area contributed by atoms with Gasteiger partial charge in [-0.3, -0.25) is 0 Å². The van der Waals surface area contributed by atoms with E-state index >= 15 is 0 Å². The van der Waals surface area contributed by atoms with E-state index in [4.69, 9.17) is 25.9 Å². The second kappa shape index (κ2) is 9.40. The van der Waals surface area contributed by atoms with Crippen LogP contribution in [-0.4, -0.2) is 42.9 Å². The van der Waals surface area contributed by atoms with Gasteiger partial charge in [-0.1, -0.05) is 18.5 Å². The highest BCUT2D eigenvalue weighted by Gasteiger charge is 2.40. The number of hydrogen-bond acceptors (Lipinski definition) is 6. The zero-order valence-corrected chi connectivity index (χ0v) is 18.7. The van der Waals surface area contributed by atoms with Crippen LogP contribution in [0.4, 0.5) is 5.69 Å². The predicted molar refractivity (Wildman–Crippen MR) is 119 cm³/mol. The Balaban J connectivity index is 2.13. The van der Waals surface area contributed by atoms with Crippen molar-refractivity contribution in [3.63, 3.8) is 0 Å². The number of carboxylic acid groups (broad SMARTS) is 2. The highest BCUT2D eigenvalue weighted by atomic mass is 35.5. The standard InChI is InChI=1S/C23H24ClNO7/c1-23(17(22(28)29)11-21(26)27)9-8-14-10-19(30-2)20(31-3)12-18(14)25(13-23)32-16-6-4-15(24)5-7-16/h4-7,10-12H,8-9,13H2,1-3H3,(H,26,27)(H,28,29). The number of halogens is 1. The molecular weight excluding hydrogens is 438 g/mol. The number of nitrogens with zero attached hydrogens (tertiary/aromatic N) is 1. The predicted octanol–water partition coefficient (Wildman–Crippen LogP) is 4.21. The summed E-state index contributed by atoms with van der Waals surface area (Å²) in [4.78, 5) is 29.5. The van der Waals surface area contributed by atoms with Crippen LogP contribution in [0.1, 0.15) is 18.9 Å². The number of carboxylic acids is 2. The topological polar surface area (TPSA) is 106 Å². The lowest BCUT2D eigenvalue weighted by molar-refractivity contribution is -0.136. The number of aryl methyl sites for hydroxylation is 1. The van der Waals surface area contributed by atoms with Gasteiger partial charge in [0.1, 0.15) is 0 Å². The number of ether oxygens (including phenoxy) is 2. The minimum Gasteiger partial charge on any atom is -0.493 e. The summed E-state index contributed by atoms with van der Waals surface area (Å²) >= 11 is 5.98. The maximum absolute atomic E-state index is 12.0. The van der Waals surface area contributed by atoms with Crippen molar-refractivity contribution in [2.45, 2.75) is 19.8 Å². The van der Waals surface area contributed by atoms with Gasteiger partial charge in [-0.15, -0.1) is 0 Å². The molecule has 0 fully saturated rings. The molecule has 0 bridgehead atoms. The maximum atomic E-state index is 12.0. The molecule has 1 aliphatic rings. The van der Waals surface area contributed by atoms with Crippen LogP contribution in [0, 0.1) is 5.41 Å². The smallest absolute Gasteiger partial charge is 0.332 e. The van der Waals surface area contributed by atoms with Gasteiger partial charge in [-0.25, -0.2) is 14.7 Å². The molecule has 0 saturated carbocycles. The average Bonchev–Trinajstić information content (AvgIpc) is 2.89. The van der Waals surface area contributed by atoms with Crippen molar-refractivity contribution in [2.75, 3.05) is 25.8 Å². The van der Waals surface area contributed by atoms with E-state index in [9.17, 15) is 19.8 Å². The van der Waals surface area contributed by atoms with E-state index in [1.165, 1.54) is 14.2 Å². The summed E-state index contributed by atoms with van der Waals surface area (Å²) < 4.78 is 10.9. The molecule has 0 aromatic heterocycles. The SMILES string of the molecule is COc1cc2c(cc1OC)N(Oc1ccc(Cl)cc1)CC(C)(C(=CC(=O)O)C(=O)O)CC2. The quantitative estimate of drug-likeness (QED) is 0.591. The Morgan fingerprint density at radius 3 is 2.28 bits per heavy atom. The summed E-state index contributed by atoms with van der Waals surface area (Å²) in [6, 6.07) is 10.3. The van der Waals surface area contributed by atoms with E-state index in [1.54, 1.807) is 42.3 Å². The number of rotatable bonds is 7. The van der Waals surface area contributed by atoms with Crippen molar-refractivity contribution in [1.29, 1.82) is 0 Å². The average molecular weight is 462 g/mol. The van der Waals surface area contributed by atoms with Gasteiger partial charge in [0.2, 0.25) is 0 Å². The molecule has 1 atom stereocenters. The number of methoxy groups -OCH3 is 2. The fourth-order valence-electron chi connectivity index (χ4n) is 3.78. The summed E-state index contributed by atoms with van der Waals surface area (Å²) in [5, 5.41) is 21.1. The molecule has 1 heterocycles. The molecule has 9 heteroatoms. The van der Waals surface area contributed by atoms with Gasteiger partial charge >= 0.3 is 11.9 Å². The second-order valence-corrected chi connectivity index (χ2v) is 8.12. The molecule has 2 N–H and O–H groups in total. The molecule has 170 valence electrons. The number of carbonyl (C=O) groups is 2. The number of benzene rings is 2.